The molecule has 6 nitrogen and oxygen atoms in total. The lowest BCUT2D eigenvalue weighted by Gasteiger charge is -2.33. The van der Waals surface area contributed by atoms with Crippen LogP contribution in [0.1, 0.15) is 24.8 Å². The number of hydrogen-bond donors (Lipinski definition) is 0. The summed E-state index contributed by atoms with van der Waals surface area (Å²) < 4.78 is 2.07. The van der Waals surface area contributed by atoms with Crippen molar-refractivity contribution in [2.24, 2.45) is 13.0 Å². The van der Waals surface area contributed by atoms with Crippen molar-refractivity contribution in [3.05, 3.63) is 48.2 Å². The van der Waals surface area contributed by atoms with E-state index in [-0.39, 0.29) is 5.91 Å². The molecule has 0 N–H and O–H groups in total. The molecule has 1 saturated heterocycles. The summed E-state index contributed by atoms with van der Waals surface area (Å²) in [6.45, 7) is 2.70. The van der Waals surface area contributed by atoms with Crippen molar-refractivity contribution >= 4 is 28.7 Å². The Morgan fingerprint density at radius 1 is 1.11 bits per heavy atom. The average molecular weight is 375 g/mol. The Morgan fingerprint density at radius 3 is 2.75 bits per heavy atom. The fourth-order valence-corrected chi connectivity index (χ4v) is 4.59. The van der Waals surface area contributed by atoms with Gasteiger partial charge in [-0.3, -0.25) is 9.36 Å². The van der Waals surface area contributed by atoms with Gasteiger partial charge in [-0.1, -0.05) is 18.2 Å². The molecule has 4 heterocycles. The Morgan fingerprint density at radius 2 is 1.93 bits per heavy atom. The van der Waals surface area contributed by atoms with E-state index in [0.717, 1.165) is 61.7 Å². The van der Waals surface area contributed by atoms with Gasteiger partial charge in [-0.2, -0.15) is 0 Å². The van der Waals surface area contributed by atoms with Crippen LogP contribution < -0.4 is 9.80 Å². The number of carbonyl (C=O) groups excluding carboxylic acids is 1. The molecular formula is C22H25N5O. The van der Waals surface area contributed by atoms with Crippen molar-refractivity contribution in [1.82, 2.24) is 14.5 Å². The molecule has 2 aromatic heterocycles. The first-order valence-electron chi connectivity index (χ1n) is 10.1. The molecule has 2 aliphatic rings. The first-order chi connectivity index (χ1) is 13.7. The number of aromatic nitrogens is 3. The van der Waals surface area contributed by atoms with Crippen LogP contribution in [0.15, 0.2) is 42.6 Å². The maximum atomic E-state index is 12.9. The lowest BCUT2D eigenvalue weighted by atomic mass is 9.93. The highest BCUT2D eigenvalue weighted by Crippen LogP contribution is 2.31. The van der Waals surface area contributed by atoms with Crippen LogP contribution in [0.25, 0.3) is 11.2 Å². The summed E-state index contributed by atoms with van der Waals surface area (Å²) in [4.78, 5) is 26.4. The standard InChI is InChI=1S/C22H25N5O/c1-25-21-18(6-4-11-23-21)24-22(25)26-12-8-16(9-13-26)15-20(28)27-14-10-17-5-2-3-7-19(17)27/h2-7,11,16H,8-10,12-15H2,1H3. The number of aryl methyl sites for hydroxylation is 1. The molecule has 1 amide bonds. The summed E-state index contributed by atoms with van der Waals surface area (Å²) in [5.41, 5.74) is 4.26. The number of carbonyl (C=O) groups is 1. The van der Waals surface area contributed by atoms with E-state index in [0.29, 0.717) is 12.3 Å². The van der Waals surface area contributed by atoms with Crippen LogP contribution in [0.5, 0.6) is 0 Å². The molecule has 0 spiro atoms. The van der Waals surface area contributed by atoms with Gasteiger partial charge < -0.3 is 9.80 Å². The molecule has 0 unspecified atom stereocenters. The van der Waals surface area contributed by atoms with E-state index < -0.39 is 0 Å². The second-order valence-electron chi connectivity index (χ2n) is 7.88. The Labute approximate surface area is 164 Å². The highest BCUT2D eigenvalue weighted by Gasteiger charge is 2.29. The molecule has 3 aromatic rings. The van der Waals surface area contributed by atoms with Gasteiger partial charge in [0, 0.05) is 45.0 Å². The van der Waals surface area contributed by atoms with Gasteiger partial charge in [0.15, 0.2) is 5.65 Å². The van der Waals surface area contributed by atoms with Gasteiger partial charge >= 0.3 is 0 Å². The minimum Gasteiger partial charge on any atom is -0.342 e. The third-order valence-electron chi connectivity index (χ3n) is 6.15. The average Bonchev–Trinajstić information content (AvgIpc) is 3.30. The number of rotatable bonds is 3. The third kappa shape index (κ3) is 2.93. The van der Waals surface area contributed by atoms with E-state index in [1.807, 2.05) is 36.3 Å². The van der Waals surface area contributed by atoms with Crippen molar-refractivity contribution in [3.8, 4) is 0 Å². The Bertz CT molecular complexity index is 1020. The zero-order valence-electron chi connectivity index (χ0n) is 16.2. The number of pyridine rings is 1. The number of para-hydroxylation sites is 1. The smallest absolute Gasteiger partial charge is 0.227 e. The minimum atomic E-state index is 0.273. The summed E-state index contributed by atoms with van der Waals surface area (Å²) in [5, 5.41) is 0. The monoisotopic (exact) mass is 375 g/mol. The fourth-order valence-electron chi connectivity index (χ4n) is 4.59. The topological polar surface area (TPSA) is 54.3 Å². The first-order valence-corrected chi connectivity index (χ1v) is 10.1. The van der Waals surface area contributed by atoms with Gasteiger partial charge in [-0.05, 0) is 48.9 Å². The Balaban J connectivity index is 1.23. The van der Waals surface area contributed by atoms with Crippen molar-refractivity contribution in [3.63, 3.8) is 0 Å². The second kappa shape index (κ2) is 6.93. The zero-order valence-corrected chi connectivity index (χ0v) is 16.2. The van der Waals surface area contributed by atoms with Gasteiger partial charge in [0.2, 0.25) is 11.9 Å². The molecule has 0 saturated carbocycles. The lowest BCUT2D eigenvalue weighted by Crippen LogP contribution is -2.38. The van der Waals surface area contributed by atoms with E-state index in [1.165, 1.54) is 5.56 Å². The second-order valence-corrected chi connectivity index (χ2v) is 7.88. The summed E-state index contributed by atoms with van der Waals surface area (Å²) in [5.74, 6) is 1.70. The van der Waals surface area contributed by atoms with E-state index in [9.17, 15) is 4.79 Å². The van der Waals surface area contributed by atoms with Crippen LogP contribution in [0, 0.1) is 5.92 Å². The van der Waals surface area contributed by atoms with Crippen LogP contribution in [0.4, 0.5) is 11.6 Å². The molecule has 28 heavy (non-hydrogen) atoms. The van der Waals surface area contributed by atoms with Crippen LogP contribution in [-0.2, 0) is 18.3 Å². The molecule has 1 fully saturated rings. The van der Waals surface area contributed by atoms with Crippen LogP contribution >= 0.6 is 0 Å². The zero-order chi connectivity index (χ0) is 19.1. The number of amides is 1. The van der Waals surface area contributed by atoms with Crippen LogP contribution in [0.2, 0.25) is 0 Å². The van der Waals surface area contributed by atoms with E-state index >= 15 is 0 Å². The van der Waals surface area contributed by atoms with Crippen molar-refractivity contribution in [2.75, 3.05) is 29.4 Å². The Hall–Kier alpha value is -2.89. The summed E-state index contributed by atoms with van der Waals surface area (Å²) >= 11 is 0. The van der Waals surface area contributed by atoms with Crippen molar-refractivity contribution < 1.29 is 4.79 Å². The van der Waals surface area contributed by atoms with Gasteiger partial charge in [-0.25, -0.2) is 9.97 Å². The van der Waals surface area contributed by atoms with Crippen LogP contribution in [0.3, 0.4) is 0 Å². The molecule has 5 rings (SSSR count). The van der Waals surface area contributed by atoms with Gasteiger partial charge in [0.05, 0.1) is 0 Å². The number of hydrogen-bond acceptors (Lipinski definition) is 4. The predicted molar refractivity (Wildman–Crippen MR) is 111 cm³/mol. The highest BCUT2D eigenvalue weighted by molar-refractivity contribution is 5.95. The molecule has 0 aliphatic carbocycles. The summed E-state index contributed by atoms with van der Waals surface area (Å²) in [7, 11) is 2.03. The number of anilines is 2. The lowest BCUT2D eigenvalue weighted by molar-refractivity contribution is -0.119. The molecule has 144 valence electrons. The number of fused-ring (bicyclic) bond motifs is 2. The highest BCUT2D eigenvalue weighted by atomic mass is 16.2. The number of nitrogens with zero attached hydrogens (tertiary/aromatic N) is 5. The number of benzene rings is 1. The van der Waals surface area contributed by atoms with E-state index in [1.54, 1.807) is 0 Å². The largest absolute Gasteiger partial charge is 0.342 e. The maximum absolute atomic E-state index is 12.9. The Kier molecular flexibility index (Phi) is 4.26. The predicted octanol–water partition coefficient (Wildman–Crippen LogP) is 3.16. The van der Waals surface area contributed by atoms with E-state index in [2.05, 4.69) is 32.7 Å². The van der Waals surface area contributed by atoms with Gasteiger partial charge in [-0.15, -0.1) is 0 Å². The number of imidazole rings is 1. The normalized spacial score (nSPS) is 17.3. The molecule has 6 heteroatoms. The number of piperidine rings is 1. The van der Waals surface area contributed by atoms with Crippen LogP contribution in [-0.4, -0.2) is 40.1 Å². The molecule has 0 bridgehead atoms. The fraction of sp³-hybridized carbons (Fsp3) is 0.409. The summed E-state index contributed by atoms with van der Waals surface area (Å²) in [6, 6.07) is 12.2. The summed E-state index contributed by atoms with van der Waals surface area (Å²) in [6.07, 6.45) is 5.48. The minimum absolute atomic E-state index is 0.273. The van der Waals surface area contributed by atoms with Crippen molar-refractivity contribution in [1.29, 1.82) is 0 Å². The molecule has 2 aliphatic heterocycles. The van der Waals surface area contributed by atoms with Crippen molar-refractivity contribution in [2.45, 2.75) is 25.7 Å². The molecule has 1 aromatic carbocycles. The molecular weight excluding hydrogens is 350 g/mol. The van der Waals surface area contributed by atoms with Gasteiger partial charge in [0.1, 0.15) is 5.52 Å². The maximum Gasteiger partial charge on any atom is 0.227 e. The molecule has 0 atom stereocenters. The SMILES string of the molecule is Cn1c(N2CCC(CC(=O)N3CCc4ccccc43)CC2)nc2cccnc21. The quantitative estimate of drug-likeness (QED) is 0.706. The third-order valence-corrected chi connectivity index (χ3v) is 6.15. The first kappa shape index (κ1) is 17.2. The van der Waals surface area contributed by atoms with Gasteiger partial charge in [0.25, 0.3) is 0 Å². The van der Waals surface area contributed by atoms with E-state index in [4.69, 9.17) is 4.98 Å². The molecule has 0 radical (unpaired) electrons.